The summed E-state index contributed by atoms with van der Waals surface area (Å²) in [5, 5.41) is 5.29. The number of nitrogens with one attached hydrogen (secondary N) is 1. The number of hydrogen-bond acceptors (Lipinski definition) is 6. The van der Waals surface area contributed by atoms with Gasteiger partial charge >= 0.3 is 0 Å². The normalized spacial score (nSPS) is 13.6. The molecule has 2 amide bonds. The minimum Gasteiger partial charge on any atom is -0.493 e. The van der Waals surface area contributed by atoms with Crippen molar-refractivity contribution in [3.63, 3.8) is 0 Å². The third-order valence-corrected chi connectivity index (χ3v) is 6.22. The zero-order valence-electron chi connectivity index (χ0n) is 18.3. The Morgan fingerprint density at radius 2 is 2.06 bits per heavy atom. The maximum atomic E-state index is 13.2. The van der Waals surface area contributed by atoms with E-state index >= 15 is 0 Å². The summed E-state index contributed by atoms with van der Waals surface area (Å²) in [6.07, 6.45) is 0.0928. The predicted molar refractivity (Wildman–Crippen MR) is 123 cm³/mol. The fraction of sp³-hybridized carbons (Fsp3) is 0.292. The van der Waals surface area contributed by atoms with E-state index in [1.807, 2.05) is 61.7 Å². The van der Waals surface area contributed by atoms with Crippen LogP contribution in [0.1, 0.15) is 46.6 Å². The highest BCUT2D eigenvalue weighted by Crippen LogP contribution is 2.37. The molecule has 0 radical (unpaired) electrons. The molecule has 8 heteroatoms. The van der Waals surface area contributed by atoms with Crippen LogP contribution in [0.25, 0.3) is 0 Å². The largest absolute Gasteiger partial charge is 0.493 e. The number of aromatic nitrogens is 1. The number of aryl methyl sites for hydroxylation is 1. The Balaban J connectivity index is 1.65. The lowest BCUT2D eigenvalue weighted by Crippen LogP contribution is -2.32. The number of anilines is 1. The number of benzene rings is 2. The van der Waals surface area contributed by atoms with Gasteiger partial charge in [-0.05, 0) is 43.2 Å². The second-order valence-corrected chi connectivity index (χ2v) is 8.35. The van der Waals surface area contributed by atoms with Crippen LogP contribution in [-0.2, 0) is 11.3 Å². The van der Waals surface area contributed by atoms with Crippen molar-refractivity contribution in [1.82, 2.24) is 9.88 Å². The highest BCUT2D eigenvalue weighted by Gasteiger charge is 2.35. The summed E-state index contributed by atoms with van der Waals surface area (Å²) < 4.78 is 11.1. The Hall–Kier alpha value is -3.39. The van der Waals surface area contributed by atoms with Crippen molar-refractivity contribution in [2.75, 3.05) is 19.0 Å². The summed E-state index contributed by atoms with van der Waals surface area (Å²) in [4.78, 5) is 32.2. The van der Waals surface area contributed by atoms with Crippen LogP contribution in [0, 0.1) is 6.92 Å². The molecule has 1 aliphatic heterocycles. The number of rotatable bonds is 8. The maximum Gasteiger partial charge on any atom is 0.255 e. The molecule has 1 atom stereocenters. The van der Waals surface area contributed by atoms with Crippen molar-refractivity contribution >= 4 is 28.3 Å². The quantitative estimate of drug-likeness (QED) is 0.542. The molecular formula is C24H25N3O4S. The van der Waals surface area contributed by atoms with Crippen LogP contribution in [0.15, 0.2) is 47.8 Å². The van der Waals surface area contributed by atoms with Gasteiger partial charge in [0.05, 0.1) is 31.9 Å². The predicted octanol–water partition coefficient (Wildman–Crippen LogP) is 4.58. The van der Waals surface area contributed by atoms with Gasteiger partial charge in [0.15, 0.2) is 16.6 Å². The monoisotopic (exact) mass is 451 g/mol. The topological polar surface area (TPSA) is 80.8 Å². The average Bonchev–Trinajstić information content (AvgIpc) is 3.35. The molecule has 0 saturated heterocycles. The lowest BCUT2D eigenvalue weighted by atomic mass is 10.0. The van der Waals surface area contributed by atoms with Gasteiger partial charge in [-0.1, -0.05) is 24.3 Å². The smallest absolute Gasteiger partial charge is 0.255 e. The van der Waals surface area contributed by atoms with Gasteiger partial charge in [0.1, 0.15) is 0 Å². The van der Waals surface area contributed by atoms with Gasteiger partial charge in [-0.25, -0.2) is 4.98 Å². The minimum atomic E-state index is -0.472. The van der Waals surface area contributed by atoms with E-state index in [2.05, 4.69) is 10.3 Å². The molecule has 166 valence electrons. The summed E-state index contributed by atoms with van der Waals surface area (Å²) in [6.45, 7) is 4.73. The first-order valence-electron chi connectivity index (χ1n) is 10.4. The second-order valence-electron chi connectivity index (χ2n) is 7.50. The molecule has 32 heavy (non-hydrogen) atoms. The van der Waals surface area contributed by atoms with E-state index in [4.69, 9.17) is 9.47 Å². The lowest BCUT2D eigenvalue weighted by molar-refractivity contribution is -0.117. The van der Waals surface area contributed by atoms with Crippen LogP contribution in [0.3, 0.4) is 0 Å². The molecule has 0 saturated carbocycles. The van der Waals surface area contributed by atoms with Gasteiger partial charge in [-0.3, -0.25) is 9.59 Å². The van der Waals surface area contributed by atoms with Crippen LogP contribution in [0.2, 0.25) is 0 Å². The Morgan fingerprint density at radius 3 is 2.75 bits per heavy atom. The van der Waals surface area contributed by atoms with Crippen LogP contribution in [0.4, 0.5) is 5.13 Å². The molecule has 4 rings (SSSR count). The second kappa shape index (κ2) is 9.40. The summed E-state index contributed by atoms with van der Waals surface area (Å²) in [7, 11) is 1.57. The first-order chi connectivity index (χ1) is 15.5. The van der Waals surface area contributed by atoms with E-state index in [1.54, 1.807) is 12.0 Å². The number of methoxy groups -OCH3 is 1. The van der Waals surface area contributed by atoms with Crippen molar-refractivity contribution in [1.29, 1.82) is 0 Å². The summed E-state index contributed by atoms with van der Waals surface area (Å²) >= 11 is 1.38. The number of hydrogen-bond donors (Lipinski definition) is 1. The Morgan fingerprint density at radius 1 is 1.25 bits per heavy atom. The van der Waals surface area contributed by atoms with E-state index in [0.717, 1.165) is 16.8 Å². The Bertz CT molecular complexity index is 1140. The third kappa shape index (κ3) is 4.45. The number of amides is 2. The molecule has 2 heterocycles. The number of thiazole rings is 1. The average molecular weight is 452 g/mol. The Labute approximate surface area is 191 Å². The number of fused-ring (bicyclic) bond motifs is 1. The van der Waals surface area contributed by atoms with E-state index in [0.29, 0.717) is 35.3 Å². The van der Waals surface area contributed by atoms with Crippen LogP contribution >= 0.6 is 11.3 Å². The van der Waals surface area contributed by atoms with Gasteiger partial charge in [-0.2, -0.15) is 0 Å². The minimum absolute atomic E-state index is 0.0867. The molecule has 0 spiro atoms. The number of nitrogens with zero attached hydrogens (tertiary/aromatic N) is 2. The van der Waals surface area contributed by atoms with Crippen LogP contribution < -0.4 is 14.8 Å². The van der Waals surface area contributed by atoms with Crippen molar-refractivity contribution in [2.24, 2.45) is 0 Å². The molecule has 0 aliphatic carbocycles. The molecule has 0 unspecified atom stereocenters. The molecule has 0 fully saturated rings. The van der Waals surface area contributed by atoms with Gasteiger partial charge in [0, 0.05) is 17.5 Å². The molecular weight excluding hydrogens is 426 g/mol. The van der Waals surface area contributed by atoms with Gasteiger partial charge in [0.2, 0.25) is 5.91 Å². The summed E-state index contributed by atoms with van der Waals surface area (Å²) in [5.74, 6) is 0.892. The van der Waals surface area contributed by atoms with E-state index in [9.17, 15) is 9.59 Å². The van der Waals surface area contributed by atoms with Gasteiger partial charge in [-0.15, -0.1) is 11.3 Å². The van der Waals surface area contributed by atoms with Crippen molar-refractivity contribution < 1.29 is 19.1 Å². The lowest BCUT2D eigenvalue weighted by Gasteiger charge is -2.28. The first kappa shape index (κ1) is 21.8. The van der Waals surface area contributed by atoms with E-state index in [-0.39, 0.29) is 18.2 Å². The third-order valence-electron chi connectivity index (χ3n) is 5.34. The van der Waals surface area contributed by atoms with Gasteiger partial charge < -0.3 is 19.7 Å². The van der Waals surface area contributed by atoms with Crippen molar-refractivity contribution in [2.45, 2.75) is 32.9 Å². The number of carbonyl (C=O) groups is 2. The van der Waals surface area contributed by atoms with Gasteiger partial charge in [0.25, 0.3) is 5.91 Å². The highest BCUT2D eigenvalue weighted by molar-refractivity contribution is 7.13. The molecule has 1 aliphatic rings. The van der Waals surface area contributed by atoms with Crippen LogP contribution in [-0.4, -0.2) is 35.4 Å². The standard InChI is InChI=1S/C24H25N3O4S/c1-4-31-20-10-9-16(11-21(20)30-3)19(12-22(28)26-24-25-15(2)14-32-24)27-13-17-7-5-6-8-18(17)23(27)29/h5-11,14,19H,4,12-13H2,1-3H3,(H,25,26,28)/t19-/m1/s1. The molecule has 1 N–H and O–H groups in total. The zero-order chi connectivity index (χ0) is 22.7. The SMILES string of the molecule is CCOc1ccc([C@@H](CC(=O)Nc2nc(C)cs2)N2Cc3ccccc3C2=O)cc1OC. The number of carbonyl (C=O) groups excluding carboxylic acids is 2. The maximum absolute atomic E-state index is 13.2. The molecule has 7 nitrogen and oxygen atoms in total. The van der Waals surface area contributed by atoms with Crippen LogP contribution in [0.5, 0.6) is 11.5 Å². The molecule has 1 aromatic heterocycles. The van der Waals surface area contributed by atoms with Crippen molar-refractivity contribution in [3.8, 4) is 11.5 Å². The number of ether oxygens (including phenoxy) is 2. The first-order valence-corrected chi connectivity index (χ1v) is 11.3. The zero-order valence-corrected chi connectivity index (χ0v) is 19.1. The molecule has 0 bridgehead atoms. The fourth-order valence-electron chi connectivity index (χ4n) is 3.86. The highest BCUT2D eigenvalue weighted by atomic mass is 32.1. The van der Waals surface area contributed by atoms with E-state index in [1.165, 1.54) is 11.3 Å². The fourth-order valence-corrected chi connectivity index (χ4v) is 4.56. The molecule has 3 aromatic rings. The Kier molecular flexibility index (Phi) is 6.41. The van der Waals surface area contributed by atoms with Crippen molar-refractivity contribution in [3.05, 3.63) is 70.2 Å². The van der Waals surface area contributed by atoms with E-state index < -0.39 is 6.04 Å². The summed E-state index contributed by atoms with van der Waals surface area (Å²) in [6, 6.07) is 12.6. The summed E-state index contributed by atoms with van der Waals surface area (Å²) in [5.41, 5.74) is 3.28. The molecule has 2 aromatic carbocycles.